The van der Waals surface area contributed by atoms with Gasteiger partial charge in [-0.05, 0) is 33.6 Å². The molecule has 0 aromatic rings. The summed E-state index contributed by atoms with van der Waals surface area (Å²) in [5.41, 5.74) is 3.86. The normalized spacial score (nSPS) is 17.3. The fourth-order valence-corrected chi connectivity index (χ4v) is 1.80. The molecule has 0 spiro atoms. The molecule has 0 heterocycles. The summed E-state index contributed by atoms with van der Waals surface area (Å²) < 4.78 is 0. The molecular weight excluding hydrogens is 184 g/mol. The Bertz CT molecular complexity index is 296. The maximum Gasteiger partial charge on any atom is 0.0389 e. The van der Waals surface area contributed by atoms with Gasteiger partial charge in [-0.25, -0.2) is 0 Å². The van der Waals surface area contributed by atoms with Crippen molar-refractivity contribution in [3.8, 4) is 0 Å². The number of hydrogen-bond acceptors (Lipinski definition) is 2. The van der Waals surface area contributed by atoms with E-state index in [1.807, 2.05) is 7.05 Å². The first-order chi connectivity index (χ1) is 7.19. The quantitative estimate of drug-likeness (QED) is 0.739. The van der Waals surface area contributed by atoms with Gasteiger partial charge in [0.15, 0.2) is 0 Å². The van der Waals surface area contributed by atoms with Crippen molar-refractivity contribution in [3.63, 3.8) is 0 Å². The predicted octanol–water partition coefficient (Wildman–Crippen LogP) is 2.71. The third-order valence-electron chi connectivity index (χ3n) is 2.50. The highest BCUT2D eigenvalue weighted by Gasteiger charge is 2.11. The van der Waals surface area contributed by atoms with Gasteiger partial charge in [0, 0.05) is 30.1 Å². The molecule has 1 aliphatic carbocycles. The summed E-state index contributed by atoms with van der Waals surface area (Å²) in [5, 5.41) is 6.77. The molecule has 0 fully saturated rings. The van der Waals surface area contributed by atoms with Gasteiger partial charge >= 0.3 is 0 Å². The molecule has 0 aliphatic heterocycles. The van der Waals surface area contributed by atoms with Crippen LogP contribution in [-0.2, 0) is 0 Å². The molecule has 2 N–H and O–H groups in total. The molecule has 1 aliphatic rings. The molecule has 2 heteroatoms. The molecule has 1 rings (SSSR count). The van der Waals surface area contributed by atoms with E-state index in [0.717, 1.165) is 12.8 Å². The SMILES string of the molecule is C/C=C(/NC(C)C)C1=C(NC)CCC=C1. The molecule has 0 amide bonds. The fourth-order valence-electron chi connectivity index (χ4n) is 1.80. The van der Waals surface area contributed by atoms with Crippen molar-refractivity contribution in [2.75, 3.05) is 7.05 Å². The van der Waals surface area contributed by atoms with Crippen LogP contribution in [-0.4, -0.2) is 13.1 Å². The van der Waals surface area contributed by atoms with Crippen LogP contribution in [0, 0.1) is 0 Å². The summed E-state index contributed by atoms with van der Waals surface area (Å²) in [4.78, 5) is 0. The third kappa shape index (κ3) is 3.15. The fraction of sp³-hybridized carbons (Fsp3) is 0.538. The Hall–Kier alpha value is -1.18. The van der Waals surface area contributed by atoms with E-state index in [9.17, 15) is 0 Å². The van der Waals surface area contributed by atoms with E-state index in [1.54, 1.807) is 0 Å². The monoisotopic (exact) mass is 206 g/mol. The highest BCUT2D eigenvalue weighted by atomic mass is 14.9. The van der Waals surface area contributed by atoms with E-state index in [1.165, 1.54) is 17.0 Å². The van der Waals surface area contributed by atoms with E-state index >= 15 is 0 Å². The van der Waals surface area contributed by atoms with Crippen LogP contribution in [0.4, 0.5) is 0 Å². The van der Waals surface area contributed by atoms with Crippen LogP contribution in [0.25, 0.3) is 0 Å². The molecular formula is C13H22N2. The number of nitrogens with one attached hydrogen (secondary N) is 2. The molecule has 15 heavy (non-hydrogen) atoms. The van der Waals surface area contributed by atoms with Crippen LogP contribution < -0.4 is 10.6 Å². The average Bonchev–Trinajstić information content (AvgIpc) is 2.25. The first-order valence-electron chi connectivity index (χ1n) is 5.69. The van der Waals surface area contributed by atoms with E-state index in [2.05, 4.69) is 49.6 Å². The van der Waals surface area contributed by atoms with Crippen molar-refractivity contribution in [2.45, 2.75) is 39.7 Å². The number of hydrogen-bond donors (Lipinski definition) is 2. The minimum atomic E-state index is 0.470. The second kappa shape index (κ2) is 5.64. The van der Waals surface area contributed by atoms with Crippen LogP contribution in [0.5, 0.6) is 0 Å². The summed E-state index contributed by atoms with van der Waals surface area (Å²) in [6.45, 7) is 6.40. The Balaban J connectivity index is 2.91. The molecule has 0 saturated heterocycles. The summed E-state index contributed by atoms with van der Waals surface area (Å²) >= 11 is 0. The molecule has 0 atom stereocenters. The van der Waals surface area contributed by atoms with Gasteiger partial charge in [-0.1, -0.05) is 18.2 Å². The zero-order valence-electron chi connectivity index (χ0n) is 10.2. The Labute approximate surface area is 93.1 Å². The lowest BCUT2D eigenvalue weighted by Gasteiger charge is -2.21. The third-order valence-corrected chi connectivity index (χ3v) is 2.50. The van der Waals surface area contributed by atoms with Gasteiger partial charge in [-0.15, -0.1) is 0 Å². The minimum absolute atomic E-state index is 0.470. The molecule has 0 saturated carbocycles. The molecule has 0 aromatic heterocycles. The van der Waals surface area contributed by atoms with E-state index in [0.29, 0.717) is 6.04 Å². The number of allylic oxidation sites excluding steroid dienone is 4. The van der Waals surface area contributed by atoms with Gasteiger partial charge in [0.1, 0.15) is 0 Å². The zero-order chi connectivity index (χ0) is 11.3. The van der Waals surface area contributed by atoms with E-state index < -0.39 is 0 Å². The lowest BCUT2D eigenvalue weighted by Crippen LogP contribution is -2.25. The van der Waals surface area contributed by atoms with Crippen LogP contribution in [0.3, 0.4) is 0 Å². The predicted molar refractivity (Wildman–Crippen MR) is 66.5 cm³/mol. The van der Waals surface area contributed by atoms with Gasteiger partial charge in [0.2, 0.25) is 0 Å². The molecule has 84 valence electrons. The Morgan fingerprint density at radius 1 is 1.47 bits per heavy atom. The summed E-state index contributed by atoms with van der Waals surface area (Å²) in [5.74, 6) is 0. The van der Waals surface area contributed by atoms with Crippen molar-refractivity contribution in [1.29, 1.82) is 0 Å². The average molecular weight is 206 g/mol. The summed E-state index contributed by atoms with van der Waals surface area (Å²) in [6, 6.07) is 0.470. The van der Waals surface area contributed by atoms with Gasteiger partial charge < -0.3 is 10.6 Å². The first kappa shape index (κ1) is 11.9. The second-order valence-electron chi connectivity index (χ2n) is 4.08. The van der Waals surface area contributed by atoms with Crippen LogP contribution in [0.1, 0.15) is 33.6 Å². The molecule has 0 aromatic carbocycles. The van der Waals surface area contributed by atoms with Crippen LogP contribution >= 0.6 is 0 Å². The maximum absolute atomic E-state index is 3.48. The molecule has 0 radical (unpaired) electrons. The Morgan fingerprint density at radius 3 is 2.73 bits per heavy atom. The summed E-state index contributed by atoms with van der Waals surface area (Å²) in [7, 11) is 2.00. The Kier molecular flexibility index (Phi) is 4.47. The van der Waals surface area contributed by atoms with E-state index in [4.69, 9.17) is 0 Å². The lowest BCUT2D eigenvalue weighted by atomic mass is 10.00. The second-order valence-corrected chi connectivity index (χ2v) is 4.08. The topological polar surface area (TPSA) is 24.1 Å². The van der Waals surface area contributed by atoms with Crippen molar-refractivity contribution in [1.82, 2.24) is 10.6 Å². The number of rotatable bonds is 4. The van der Waals surface area contributed by atoms with Gasteiger partial charge in [0.05, 0.1) is 0 Å². The van der Waals surface area contributed by atoms with Crippen molar-refractivity contribution in [3.05, 3.63) is 35.2 Å². The molecule has 2 nitrogen and oxygen atoms in total. The van der Waals surface area contributed by atoms with E-state index in [-0.39, 0.29) is 0 Å². The van der Waals surface area contributed by atoms with Crippen LogP contribution in [0.15, 0.2) is 35.2 Å². The summed E-state index contributed by atoms with van der Waals surface area (Å²) in [6.07, 6.45) is 8.84. The molecule has 0 bridgehead atoms. The standard InChI is InChI=1S/C13H22N2/c1-5-12(15-10(2)3)11-8-6-7-9-13(11)14-4/h5-6,8,10,14-15H,7,9H2,1-4H3/b12-5+. The van der Waals surface area contributed by atoms with Gasteiger partial charge in [-0.2, -0.15) is 0 Å². The zero-order valence-corrected chi connectivity index (χ0v) is 10.2. The van der Waals surface area contributed by atoms with Crippen molar-refractivity contribution >= 4 is 0 Å². The largest absolute Gasteiger partial charge is 0.391 e. The molecule has 0 unspecified atom stereocenters. The maximum atomic E-state index is 3.48. The lowest BCUT2D eigenvalue weighted by molar-refractivity contribution is 0.669. The first-order valence-corrected chi connectivity index (χ1v) is 5.69. The highest BCUT2D eigenvalue weighted by Crippen LogP contribution is 2.21. The van der Waals surface area contributed by atoms with Crippen LogP contribution in [0.2, 0.25) is 0 Å². The Morgan fingerprint density at radius 2 is 2.20 bits per heavy atom. The van der Waals surface area contributed by atoms with Gasteiger partial charge in [-0.3, -0.25) is 0 Å². The minimum Gasteiger partial charge on any atom is -0.391 e. The van der Waals surface area contributed by atoms with Crippen molar-refractivity contribution in [2.24, 2.45) is 0 Å². The smallest absolute Gasteiger partial charge is 0.0389 e. The van der Waals surface area contributed by atoms with Gasteiger partial charge in [0.25, 0.3) is 0 Å². The highest BCUT2D eigenvalue weighted by molar-refractivity contribution is 5.43. The van der Waals surface area contributed by atoms with Crippen molar-refractivity contribution < 1.29 is 0 Å².